The van der Waals surface area contributed by atoms with Crippen molar-refractivity contribution in [1.82, 2.24) is 0 Å². The van der Waals surface area contributed by atoms with Gasteiger partial charge in [0.25, 0.3) is 0 Å². The first-order valence-electron chi connectivity index (χ1n) is 44.9. The van der Waals surface area contributed by atoms with Crippen LogP contribution in [0.4, 0.5) is 0 Å². The third kappa shape index (κ3) is 22.8. The largest absolute Gasteiger partial charge is 0.463 e. The van der Waals surface area contributed by atoms with Crippen molar-refractivity contribution >= 4 is 77.2 Å². The van der Waals surface area contributed by atoms with Crippen LogP contribution in [-0.2, 0) is 109 Å². The van der Waals surface area contributed by atoms with E-state index in [2.05, 4.69) is 13.8 Å². The van der Waals surface area contributed by atoms with E-state index in [4.69, 9.17) is 80.5 Å². The van der Waals surface area contributed by atoms with Gasteiger partial charge in [-0.2, -0.15) is 0 Å². The molecule has 0 N–H and O–H groups in total. The molecule has 14 rings (SSSR count). The molecule has 4 saturated carbocycles. The molecule has 0 spiro atoms. The summed E-state index contributed by atoms with van der Waals surface area (Å²) in [7, 11) is 0. The van der Waals surface area contributed by atoms with Gasteiger partial charge in [0, 0.05) is 52.4 Å². The van der Waals surface area contributed by atoms with Gasteiger partial charge in [-0.3, -0.25) is 28.8 Å². The highest BCUT2D eigenvalue weighted by Crippen LogP contribution is 2.68. The molecule has 0 radical (unpaired) electrons. The molecule has 7 aliphatic rings. The zero-order valence-electron chi connectivity index (χ0n) is 74.6. The standard InChI is InChI=1S/C102H110O30/c1-58(54-118-99-89(131-96(114)69-40-26-14-27-41-69)86(129-94(112)67-36-22-12-23-37-67)83(127-92(110)65-32-18-10-19-33-65)79(125-99)56-117-91(109)64-30-16-9-17-31-64)44-47-76(107)59(2)81-77(108)53-75-73-46-45-71-52-72(48-50-101(71,7)74(73)49-51-102(75,81)8)123-100-90(132-97(115)70-42-28-15-29-43-70)87(130-95(113)68-38-24-13-25-39-68)84(128-93(111)66-34-20-11-21-35-66)80(126-100)57-119-98-88(122-63(6)106)85(121-62(5)105)82(120-61(4)104)78(124-98)55-116-60(3)103/h9-43,58-59,71-75,78-90,98-100H,44-57H2,1-8H3/t58-,59+,71?,72?,73?,74?,75?,78?,79?,80?,81?,82+,83+,84+,85?,86-,87?,88?,89?,90?,98+,99+,100+,101?,102?/m0/s1. The minimum Gasteiger partial charge on any atom is -0.463 e. The van der Waals surface area contributed by atoms with E-state index in [1.54, 1.807) is 140 Å². The van der Waals surface area contributed by atoms with Gasteiger partial charge in [0.1, 0.15) is 43.1 Å². The average Bonchev–Trinajstić information content (AvgIpc) is 1.50. The lowest BCUT2D eigenvalue weighted by molar-refractivity contribution is -0.337. The van der Waals surface area contributed by atoms with E-state index in [1.807, 2.05) is 13.8 Å². The van der Waals surface area contributed by atoms with Gasteiger partial charge in [-0.1, -0.05) is 155 Å². The van der Waals surface area contributed by atoms with Crippen LogP contribution in [0.1, 0.15) is 192 Å². The Morgan fingerprint density at radius 2 is 0.712 bits per heavy atom. The van der Waals surface area contributed by atoms with Crippen LogP contribution in [-0.4, -0.2) is 202 Å². The summed E-state index contributed by atoms with van der Waals surface area (Å²) in [5.74, 6) is -11.1. The van der Waals surface area contributed by atoms with Crippen molar-refractivity contribution < 1.29 is 143 Å². The highest BCUT2D eigenvalue weighted by Gasteiger charge is 2.65. The van der Waals surface area contributed by atoms with Gasteiger partial charge in [-0.25, -0.2) is 33.6 Å². The van der Waals surface area contributed by atoms with Gasteiger partial charge in [0.2, 0.25) is 0 Å². The second-order valence-electron chi connectivity index (χ2n) is 35.5. The quantitative estimate of drug-likeness (QED) is 0.0209. The van der Waals surface area contributed by atoms with Crippen LogP contribution >= 0.6 is 0 Å². The zero-order valence-corrected chi connectivity index (χ0v) is 74.6. The van der Waals surface area contributed by atoms with Gasteiger partial charge in [-0.05, 0) is 177 Å². The molecule has 7 aromatic rings. The molecule has 25 atom stereocenters. The summed E-state index contributed by atoms with van der Waals surface area (Å²) in [6, 6.07) is 56.0. The lowest BCUT2D eigenvalue weighted by Crippen LogP contribution is -2.65. The smallest absolute Gasteiger partial charge is 0.338 e. The van der Waals surface area contributed by atoms with Crippen LogP contribution in [0.25, 0.3) is 0 Å². The Hall–Kier alpha value is -12.2. The number of hydrogen-bond acceptors (Lipinski definition) is 30. The summed E-state index contributed by atoms with van der Waals surface area (Å²) in [5.41, 5.74) is -0.0923. The normalized spacial score (nSPS) is 29.8. The molecule has 698 valence electrons. The van der Waals surface area contributed by atoms with Crippen LogP contribution in [0.3, 0.4) is 0 Å². The summed E-state index contributed by atoms with van der Waals surface area (Å²) in [6.45, 7) is 10.5. The fourth-order valence-corrected chi connectivity index (χ4v) is 20.4. The van der Waals surface area contributed by atoms with Crippen molar-refractivity contribution in [2.75, 3.05) is 26.4 Å². The van der Waals surface area contributed by atoms with Crippen molar-refractivity contribution in [2.45, 2.75) is 218 Å². The van der Waals surface area contributed by atoms with E-state index in [0.717, 1.165) is 47.0 Å². The maximum Gasteiger partial charge on any atom is 0.338 e. The van der Waals surface area contributed by atoms with E-state index in [0.29, 0.717) is 32.1 Å². The van der Waals surface area contributed by atoms with Crippen LogP contribution < -0.4 is 0 Å². The Labute approximate surface area is 764 Å². The molecule has 3 saturated heterocycles. The maximum atomic E-state index is 15.0. The van der Waals surface area contributed by atoms with E-state index in [-0.39, 0.29) is 99.0 Å². The maximum absolute atomic E-state index is 15.0. The van der Waals surface area contributed by atoms with Gasteiger partial charge in [0.15, 0.2) is 73.8 Å². The fourth-order valence-electron chi connectivity index (χ4n) is 20.4. The predicted octanol–water partition coefficient (Wildman–Crippen LogP) is 13.6. The molecule has 0 amide bonds. The topological polar surface area (TPSA) is 379 Å². The molecule has 3 aliphatic heterocycles. The Bertz CT molecular complexity index is 5200. The summed E-state index contributed by atoms with van der Waals surface area (Å²) in [6.07, 6.45) is -20.2. The lowest BCUT2D eigenvalue weighted by atomic mass is 9.44. The molecular formula is C102H110O30. The minimum atomic E-state index is -1.79. The number of hydrogen-bond donors (Lipinski definition) is 0. The van der Waals surface area contributed by atoms with Crippen molar-refractivity contribution in [3.05, 3.63) is 251 Å². The zero-order chi connectivity index (χ0) is 93.5. The summed E-state index contributed by atoms with van der Waals surface area (Å²) < 4.78 is 107. The number of rotatable bonds is 33. The van der Waals surface area contributed by atoms with E-state index in [1.165, 1.54) is 72.8 Å². The molecule has 0 aromatic heterocycles. The third-order valence-electron chi connectivity index (χ3n) is 26.8. The Kier molecular flexibility index (Phi) is 31.6. The van der Waals surface area contributed by atoms with E-state index in [9.17, 15) is 62.3 Å². The minimum absolute atomic E-state index is 0.0224. The first-order valence-corrected chi connectivity index (χ1v) is 44.9. The molecule has 3 heterocycles. The Morgan fingerprint density at radius 1 is 0.364 bits per heavy atom. The number of ketones is 2. The number of Topliss-reactive ketones (excluding diaryl/α,β-unsaturated/α-hetero) is 2. The van der Waals surface area contributed by atoms with Crippen molar-refractivity contribution in [1.29, 1.82) is 0 Å². The predicted molar refractivity (Wildman–Crippen MR) is 465 cm³/mol. The molecule has 16 unspecified atom stereocenters. The molecule has 4 aliphatic carbocycles. The summed E-state index contributed by atoms with van der Waals surface area (Å²) >= 11 is 0. The van der Waals surface area contributed by atoms with Gasteiger partial charge < -0.3 is 80.5 Å². The van der Waals surface area contributed by atoms with Gasteiger partial charge >= 0.3 is 65.7 Å². The summed E-state index contributed by atoms with van der Waals surface area (Å²) in [4.78, 5) is 182. The number of carbonyl (C=O) groups excluding carboxylic acids is 13. The van der Waals surface area contributed by atoms with Crippen LogP contribution in [0.2, 0.25) is 0 Å². The number of fused-ring (bicyclic) bond motifs is 5. The number of ether oxygens (including phenoxy) is 17. The van der Waals surface area contributed by atoms with Crippen LogP contribution in [0, 0.1) is 52.3 Å². The van der Waals surface area contributed by atoms with E-state index < -0.39 is 207 Å². The molecule has 0 bridgehead atoms. The highest BCUT2D eigenvalue weighted by atomic mass is 16.8. The van der Waals surface area contributed by atoms with Crippen molar-refractivity contribution in [3.63, 3.8) is 0 Å². The number of esters is 11. The molecule has 30 nitrogen and oxygen atoms in total. The molecule has 30 heteroatoms. The summed E-state index contributed by atoms with van der Waals surface area (Å²) in [5, 5.41) is 0. The first-order chi connectivity index (χ1) is 63.5. The Balaban J connectivity index is 0.690. The highest BCUT2D eigenvalue weighted by molar-refractivity contribution is 5.95. The van der Waals surface area contributed by atoms with Crippen molar-refractivity contribution in [2.24, 2.45) is 52.3 Å². The van der Waals surface area contributed by atoms with Crippen molar-refractivity contribution in [3.8, 4) is 0 Å². The van der Waals surface area contributed by atoms with Crippen LogP contribution in [0.15, 0.2) is 212 Å². The fraction of sp³-hybridized carbons (Fsp3) is 0.461. The van der Waals surface area contributed by atoms with Crippen LogP contribution in [0.5, 0.6) is 0 Å². The third-order valence-corrected chi connectivity index (χ3v) is 26.8. The first kappa shape index (κ1) is 95.9. The van der Waals surface area contributed by atoms with E-state index >= 15 is 0 Å². The molecule has 7 fully saturated rings. The number of carbonyl (C=O) groups is 13. The molecule has 7 aromatic carbocycles. The lowest BCUT2D eigenvalue weighted by Gasteiger charge is -2.61. The molecular weight excluding hydrogens is 1710 g/mol. The van der Waals surface area contributed by atoms with Gasteiger partial charge in [-0.15, -0.1) is 0 Å². The second-order valence-corrected chi connectivity index (χ2v) is 35.5. The van der Waals surface area contributed by atoms with Gasteiger partial charge in [0.05, 0.1) is 58.3 Å². The SMILES string of the molecule is CC(=O)OCC1O[C@@H](OCC2O[C@@H](OC3CCC4(C)C(CCC5C4CCC4(C)C5CC(=O)C4[C@H](C)C(=O)CC[C@H](C)CO[C@@H]4OC(COC(=O)c5ccccc5)[C@@H](OC(=O)c5ccccc5)[C@H](OC(=O)c5ccccc5)C4OC(=O)c4ccccc4)C3)C(OC(=O)c3ccccc3)C(OC(=O)c3ccccc3)[C@@H]2OC(=O)c2ccccc2)C(OC(C)=O)C(OC(C)=O)[C@@H]1OC(C)=O. The molecule has 132 heavy (non-hydrogen) atoms. The number of benzene rings is 7. The second kappa shape index (κ2) is 43.5. The monoisotopic (exact) mass is 1810 g/mol. The Morgan fingerprint density at radius 3 is 1.15 bits per heavy atom. The average molecular weight is 1820 g/mol.